The number of carboxylic acid groups (broad SMARTS) is 1. The number of nitrogens with zero attached hydrogens (tertiary/aromatic N) is 2. The molecular formula is C23H21BrF3N3O2. The molecule has 3 aromatic carbocycles. The Labute approximate surface area is 191 Å². The number of carboxylic acids is 1. The first-order valence-corrected chi connectivity index (χ1v) is 10.5. The first-order chi connectivity index (χ1) is 15.0. The van der Waals surface area contributed by atoms with Gasteiger partial charge in [-0.2, -0.15) is 13.2 Å². The van der Waals surface area contributed by atoms with Crippen LogP contribution in [0.5, 0.6) is 0 Å². The van der Waals surface area contributed by atoms with Crippen LogP contribution >= 0.6 is 15.9 Å². The number of benzene rings is 3. The number of aliphatic imine (C=N–C) groups is 1. The minimum atomic E-state index is -5.08. The standard InChI is InChI=1S/C21H20BrN3.C2HF3O2/c1-13-6-8-15(9-7-13)24-21(23)25-12-14(2)20-17-4-3-5-18(22)16(17)10-11-19(20)25;3-2(4,5)1(6)7/h3-11,14H,12H2,1-2H3,(H2,23,24);(H,6,7). The van der Waals surface area contributed by atoms with Crippen molar-refractivity contribution in [1.82, 2.24) is 0 Å². The summed E-state index contributed by atoms with van der Waals surface area (Å²) in [6.07, 6.45) is -5.08. The second-order valence-corrected chi connectivity index (χ2v) is 8.31. The quantitative estimate of drug-likeness (QED) is 0.307. The van der Waals surface area contributed by atoms with Gasteiger partial charge in [-0.15, -0.1) is 0 Å². The molecule has 0 bridgehead atoms. The summed E-state index contributed by atoms with van der Waals surface area (Å²) in [6, 6.07) is 18.8. The molecule has 3 aromatic rings. The van der Waals surface area contributed by atoms with E-state index in [0.717, 1.165) is 22.4 Å². The predicted octanol–water partition coefficient (Wildman–Crippen LogP) is 6.11. The van der Waals surface area contributed by atoms with Gasteiger partial charge in [0, 0.05) is 22.6 Å². The van der Waals surface area contributed by atoms with Crippen molar-refractivity contribution >= 4 is 50.0 Å². The van der Waals surface area contributed by atoms with Crippen molar-refractivity contribution in [1.29, 1.82) is 0 Å². The van der Waals surface area contributed by atoms with Crippen LogP contribution in [-0.4, -0.2) is 29.8 Å². The maximum Gasteiger partial charge on any atom is 0.490 e. The summed E-state index contributed by atoms with van der Waals surface area (Å²) in [7, 11) is 0. The minimum Gasteiger partial charge on any atom is -0.475 e. The molecule has 0 fully saturated rings. The van der Waals surface area contributed by atoms with Gasteiger partial charge in [-0.3, -0.25) is 0 Å². The van der Waals surface area contributed by atoms with Crippen LogP contribution in [0.15, 0.2) is 64.1 Å². The lowest BCUT2D eigenvalue weighted by molar-refractivity contribution is -0.192. The van der Waals surface area contributed by atoms with Crippen LogP contribution in [0, 0.1) is 6.92 Å². The molecule has 9 heteroatoms. The third kappa shape index (κ3) is 5.04. The summed E-state index contributed by atoms with van der Waals surface area (Å²) in [5.74, 6) is -1.81. The van der Waals surface area contributed by atoms with Gasteiger partial charge in [0.05, 0.1) is 5.69 Å². The first-order valence-electron chi connectivity index (χ1n) is 9.68. The van der Waals surface area contributed by atoms with Crippen LogP contribution in [0.4, 0.5) is 24.5 Å². The molecule has 1 unspecified atom stereocenters. The minimum absolute atomic E-state index is 0.403. The molecule has 3 N–H and O–H groups in total. The Balaban J connectivity index is 0.000000360. The molecular weight excluding hydrogens is 487 g/mol. The molecule has 0 saturated carbocycles. The molecule has 1 aliphatic heterocycles. The largest absolute Gasteiger partial charge is 0.490 e. The van der Waals surface area contributed by atoms with Crippen molar-refractivity contribution in [2.45, 2.75) is 25.9 Å². The van der Waals surface area contributed by atoms with Gasteiger partial charge in [-0.05, 0) is 47.5 Å². The van der Waals surface area contributed by atoms with E-state index >= 15 is 0 Å². The van der Waals surface area contributed by atoms with Crippen LogP contribution in [0.3, 0.4) is 0 Å². The van der Waals surface area contributed by atoms with Crippen molar-refractivity contribution in [3.05, 3.63) is 70.2 Å². The number of hydrogen-bond donors (Lipinski definition) is 2. The fraction of sp³-hybridized carbons (Fsp3) is 0.217. The van der Waals surface area contributed by atoms with Crippen LogP contribution in [0.2, 0.25) is 0 Å². The average molecular weight is 508 g/mol. The van der Waals surface area contributed by atoms with Crippen molar-refractivity contribution in [2.24, 2.45) is 10.7 Å². The van der Waals surface area contributed by atoms with Crippen LogP contribution in [-0.2, 0) is 4.79 Å². The van der Waals surface area contributed by atoms with Crippen molar-refractivity contribution < 1.29 is 23.1 Å². The second kappa shape index (κ2) is 9.20. The van der Waals surface area contributed by atoms with Gasteiger partial charge < -0.3 is 15.7 Å². The number of guanidine groups is 1. The lowest BCUT2D eigenvalue weighted by atomic mass is 9.96. The Hall–Kier alpha value is -3.07. The average Bonchev–Trinajstić information content (AvgIpc) is 3.07. The molecule has 0 amide bonds. The molecule has 0 saturated heterocycles. The zero-order valence-electron chi connectivity index (χ0n) is 17.3. The van der Waals surface area contributed by atoms with Gasteiger partial charge in [0.15, 0.2) is 0 Å². The summed E-state index contributed by atoms with van der Waals surface area (Å²) in [5, 5.41) is 9.65. The fourth-order valence-corrected chi connectivity index (χ4v) is 4.08. The van der Waals surface area contributed by atoms with Gasteiger partial charge in [0.2, 0.25) is 5.96 Å². The fourth-order valence-electron chi connectivity index (χ4n) is 3.58. The highest BCUT2D eigenvalue weighted by molar-refractivity contribution is 9.10. The van der Waals surface area contributed by atoms with Crippen LogP contribution < -0.4 is 10.6 Å². The van der Waals surface area contributed by atoms with Crippen molar-refractivity contribution in [2.75, 3.05) is 11.4 Å². The summed E-state index contributed by atoms with van der Waals surface area (Å²) in [6.45, 7) is 5.17. The SMILES string of the molecule is Cc1ccc(N=C(N)N2CC(C)c3c2ccc2c(Br)cccc32)cc1.O=C(O)C(F)(F)F. The zero-order valence-corrected chi connectivity index (χ0v) is 18.9. The van der Waals surface area contributed by atoms with E-state index in [4.69, 9.17) is 15.6 Å². The van der Waals surface area contributed by atoms with E-state index in [2.05, 4.69) is 82.1 Å². The van der Waals surface area contributed by atoms with E-state index in [1.54, 1.807) is 0 Å². The number of nitrogens with two attached hydrogens (primary N) is 1. The number of alkyl halides is 3. The molecule has 0 spiro atoms. The monoisotopic (exact) mass is 507 g/mol. The molecule has 1 heterocycles. The van der Waals surface area contributed by atoms with E-state index in [-0.39, 0.29) is 0 Å². The number of aryl methyl sites for hydroxylation is 1. The highest BCUT2D eigenvalue weighted by Gasteiger charge is 2.38. The maximum atomic E-state index is 10.6. The summed E-state index contributed by atoms with van der Waals surface area (Å²) >= 11 is 3.66. The lowest BCUT2D eigenvalue weighted by Gasteiger charge is -2.19. The number of aliphatic carboxylic acids is 1. The highest BCUT2D eigenvalue weighted by atomic mass is 79.9. The normalized spacial score (nSPS) is 15.9. The van der Waals surface area contributed by atoms with Gasteiger partial charge in [-0.1, -0.05) is 58.7 Å². The lowest BCUT2D eigenvalue weighted by Crippen LogP contribution is -2.36. The first kappa shape index (κ1) is 23.6. The smallest absolute Gasteiger partial charge is 0.475 e. The number of anilines is 1. The third-order valence-corrected chi connectivity index (χ3v) is 5.76. The number of halogens is 4. The van der Waals surface area contributed by atoms with E-state index in [1.165, 1.54) is 21.9 Å². The highest BCUT2D eigenvalue weighted by Crippen LogP contribution is 2.42. The molecule has 168 valence electrons. The van der Waals surface area contributed by atoms with Gasteiger partial charge in [-0.25, -0.2) is 9.79 Å². The third-order valence-electron chi connectivity index (χ3n) is 5.06. The molecule has 5 nitrogen and oxygen atoms in total. The Kier molecular flexibility index (Phi) is 6.78. The predicted molar refractivity (Wildman–Crippen MR) is 124 cm³/mol. The number of carbonyl (C=O) groups is 1. The molecule has 0 aliphatic carbocycles. The molecule has 1 atom stereocenters. The van der Waals surface area contributed by atoms with E-state index < -0.39 is 12.1 Å². The zero-order chi connectivity index (χ0) is 23.6. The summed E-state index contributed by atoms with van der Waals surface area (Å²) in [5.41, 5.74) is 11.0. The van der Waals surface area contributed by atoms with E-state index in [1.807, 2.05) is 12.1 Å². The molecule has 4 rings (SSSR count). The van der Waals surface area contributed by atoms with Gasteiger partial charge in [0.25, 0.3) is 0 Å². The Morgan fingerprint density at radius 3 is 2.34 bits per heavy atom. The molecule has 0 radical (unpaired) electrons. The summed E-state index contributed by atoms with van der Waals surface area (Å²) in [4.78, 5) is 15.6. The molecule has 32 heavy (non-hydrogen) atoms. The Morgan fingerprint density at radius 2 is 1.75 bits per heavy atom. The van der Waals surface area contributed by atoms with Crippen molar-refractivity contribution in [3.63, 3.8) is 0 Å². The Morgan fingerprint density at radius 1 is 1.12 bits per heavy atom. The van der Waals surface area contributed by atoms with Gasteiger partial charge >= 0.3 is 12.1 Å². The number of rotatable bonds is 1. The topological polar surface area (TPSA) is 78.9 Å². The Bertz CT molecular complexity index is 1180. The molecule has 0 aromatic heterocycles. The second-order valence-electron chi connectivity index (χ2n) is 7.45. The van der Waals surface area contributed by atoms with Crippen LogP contribution in [0.25, 0.3) is 10.8 Å². The van der Waals surface area contributed by atoms with Gasteiger partial charge in [0.1, 0.15) is 0 Å². The van der Waals surface area contributed by atoms with Crippen molar-refractivity contribution in [3.8, 4) is 0 Å². The molecule has 1 aliphatic rings. The van der Waals surface area contributed by atoms with Crippen LogP contribution in [0.1, 0.15) is 24.0 Å². The van der Waals surface area contributed by atoms with E-state index in [0.29, 0.717) is 11.9 Å². The number of hydrogen-bond acceptors (Lipinski definition) is 2. The maximum absolute atomic E-state index is 10.6. The summed E-state index contributed by atoms with van der Waals surface area (Å²) < 4.78 is 32.9. The van der Waals surface area contributed by atoms with E-state index in [9.17, 15) is 13.2 Å². The number of fused-ring (bicyclic) bond motifs is 3.